The van der Waals surface area contributed by atoms with Crippen LogP contribution in [-0.2, 0) is 0 Å². The molecule has 2 rings (SSSR count). The van der Waals surface area contributed by atoms with Gasteiger partial charge >= 0.3 is 0 Å². The number of nitro benzene ring substituents is 1. The fraction of sp³-hybridized carbons (Fsp3) is 0.0714. The number of nitro groups is 1. The number of nitrogens with one attached hydrogen (secondary N) is 1. The molecule has 0 atom stereocenters. The first-order valence-electron chi connectivity index (χ1n) is 5.90. The van der Waals surface area contributed by atoms with Gasteiger partial charge in [-0.2, -0.15) is 0 Å². The number of amides is 1. The number of nitrogens with zero attached hydrogens (tertiary/aromatic N) is 1. The third-order valence-electron chi connectivity index (χ3n) is 2.85. The Morgan fingerprint density at radius 1 is 1.29 bits per heavy atom. The molecule has 5 nitrogen and oxygen atoms in total. The summed E-state index contributed by atoms with van der Waals surface area (Å²) in [5.41, 5.74) is 0.513. The zero-order valence-corrected chi connectivity index (χ0v) is 12.5. The van der Waals surface area contributed by atoms with Gasteiger partial charge in [-0.1, -0.05) is 22.0 Å². The van der Waals surface area contributed by atoms with Gasteiger partial charge in [-0.3, -0.25) is 14.9 Å². The van der Waals surface area contributed by atoms with Crippen molar-refractivity contribution in [3.8, 4) is 0 Å². The summed E-state index contributed by atoms with van der Waals surface area (Å²) in [5.74, 6) is -1.20. The maximum atomic E-state index is 13.2. The quantitative estimate of drug-likeness (QED) is 0.668. The van der Waals surface area contributed by atoms with E-state index in [1.54, 1.807) is 25.1 Å². The molecule has 0 aliphatic heterocycles. The number of hydrogen-bond acceptors (Lipinski definition) is 3. The van der Waals surface area contributed by atoms with Gasteiger partial charge in [-0.15, -0.1) is 0 Å². The molecule has 0 heterocycles. The van der Waals surface area contributed by atoms with Crippen LogP contribution in [0, 0.1) is 22.9 Å². The average molecular weight is 353 g/mol. The largest absolute Gasteiger partial charge is 0.316 e. The molecule has 0 fully saturated rings. The number of benzene rings is 2. The zero-order valence-electron chi connectivity index (χ0n) is 10.9. The van der Waals surface area contributed by atoms with Gasteiger partial charge in [0, 0.05) is 22.2 Å². The lowest BCUT2D eigenvalue weighted by Gasteiger charge is -2.08. The third kappa shape index (κ3) is 3.43. The Morgan fingerprint density at radius 3 is 2.67 bits per heavy atom. The number of carbonyl (C=O) groups is 1. The van der Waals surface area contributed by atoms with E-state index in [1.165, 1.54) is 0 Å². The molecule has 21 heavy (non-hydrogen) atoms. The molecule has 0 unspecified atom stereocenters. The lowest BCUT2D eigenvalue weighted by molar-refractivity contribution is -0.384. The van der Waals surface area contributed by atoms with Gasteiger partial charge in [0.05, 0.1) is 4.92 Å². The molecule has 0 saturated heterocycles. The molecular weight excluding hydrogens is 343 g/mol. The van der Waals surface area contributed by atoms with E-state index in [2.05, 4.69) is 21.2 Å². The molecule has 7 heteroatoms. The zero-order chi connectivity index (χ0) is 15.6. The second-order valence-corrected chi connectivity index (χ2v) is 5.25. The highest BCUT2D eigenvalue weighted by Gasteiger charge is 2.18. The van der Waals surface area contributed by atoms with Crippen LogP contribution in [0.25, 0.3) is 0 Å². The van der Waals surface area contributed by atoms with Crippen LogP contribution in [0.5, 0.6) is 0 Å². The summed E-state index contributed by atoms with van der Waals surface area (Å²) in [4.78, 5) is 22.4. The second-order valence-electron chi connectivity index (χ2n) is 4.33. The highest BCUT2D eigenvalue weighted by Crippen LogP contribution is 2.26. The Hall–Kier alpha value is -2.28. The number of anilines is 1. The molecule has 108 valence electrons. The van der Waals surface area contributed by atoms with Crippen LogP contribution in [0.15, 0.2) is 40.9 Å². The van der Waals surface area contributed by atoms with Gasteiger partial charge in [0.25, 0.3) is 11.6 Å². The molecule has 0 radical (unpaired) electrons. The molecule has 0 saturated carbocycles. The molecular formula is C14H10BrFN2O3. The van der Waals surface area contributed by atoms with E-state index in [1.807, 2.05) is 0 Å². The summed E-state index contributed by atoms with van der Waals surface area (Å²) < 4.78 is 13.9. The van der Waals surface area contributed by atoms with Crippen molar-refractivity contribution in [1.82, 2.24) is 0 Å². The maximum Gasteiger partial charge on any atom is 0.292 e. The van der Waals surface area contributed by atoms with Crippen molar-refractivity contribution in [2.24, 2.45) is 0 Å². The Morgan fingerprint density at radius 2 is 2.00 bits per heavy atom. The van der Waals surface area contributed by atoms with Crippen molar-refractivity contribution in [3.63, 3.8) is 0 Å². The Bertz CT molecular complexity index is 734. The standard InChI is InChI=1S/C14H10BrFN2O3/c1-8-2-3-9(15)6-11(8)14(19)17-12-7-10(16)4-5-13(12)18(20)21/h2-7H,1H3,(H,17,19). The lowest BCUT2D eigenvalue weighted by atomic mass is 10.1. The average Bonchev–Trinajstić information content (AvgIpc) is 2.41. The highest BCUT2D eigenvalue weighted by molar-refractivity contribution is 9.10. The number of rotatable bonds is 3. The van der Waals surface area contributed by atoms with E-state index in [-0.39, 0.29) is 11.4 Å². The summed E-state index contributed by atoms with van der Waals surface area (Å²) >= 11 is 3.25. The van der Waals surface area contributed by atoms with E-state index >= 15 is 0 Å². The van der Waals surface area contributed by atoms with Crippen molar-refractivity contribution >= 4 is 33.2 Å². The second kappa shape index (κ2) is 6.01. The van der Waals surface area contributed by atoms with Crippen LogP contribution in [0.4, 0.5) is 15.8 Å². The van der Waals surface area contributed by atoms with E-state index in [0.717, 1.165) is 18.2 Å². The molecule has 2 aromatic rings. The molecule has 0 aromatic heterocycles. The molecule has 2 aromatic carbocycles. The molecule has 0 aliphatic carbocycles. The van der Waals surface area contributed by atoms with Crippen LogP contribution < -0.4 is 5.32 Å². The molecule has 1 amide bonds. The predicted octanol–water partition coefficient (Wildman–Crippen LogP) is 4.06. The van der Waals surface area contributed by atoms with Crippen LogP contribution in [0.3, 0.4) is 0 Å². The maximum absolute atomic E-state index is 13.2. The van der Waals surface area contributed by atoms with E-state index in [9.17, 15) is 19.3 Å². The fourth-order valence-corrected chi connectivity index (χ4v) is 2.16. The molecule has 0 aliphatic rings. The Balaban J connectivity index is 2.38. The summed E-state index contributed by atoms with van der Waals surface area (Å²) in [5, 5.41) is 13.3. The normalized spacial score (nSPS) is 10.2. The van der Waals surface area contributed by atoms with Gasteiger partial charge in [0.15, 0.2) is 0 Å². The van der Waals surface area contributed by atoms with Gasteiger partial charge < -0.3 is 5.32 Å². The van der Waals surface area contributed by atoms with E-state index < -0.39 is 16.6 Å². The van der Waals surface area contributed by atoms with Crippen molar-refractivity contribution < 1.29 is 14.1 Å². The first kappa shape index (κ1) is 15.1. The number of hydrogen-bond donors (Lipinski definition) is 1. The monoisotopic (exact) mass is 352 g/mol. The lowest BCUT2D eigenvalue weighted by Crippen LogP contribution is -2.14. The van der Waals surface area contributed by atoms with E-state index in [4.69, 9.17) is 0 Å². The predicted molar refractivity (Wildman–Crippen MR) is 79.9 cm³/mol. The van der Waals surface area contributed by atoms with Crippen molar-refractivity contribution in [1.29, 1.82) is 0 Å². The SMILES string of the molecule is Cc1ccc(Br)cc1C(=O)Nc1cc(F)ccc1[N+](=O)[O-]. The van der Waals surface area contributed by atoms with E-state index in [0.29, 0.717) is 15.6 Å². The molecule has 0 bridgehead atoms. The van der Waals surface area contributed by atoms with Gasteiger partial charge in [0.2, 0.25) is 0 Å². The minimum atomic E-state index is -0.678. The van der Waals surface area contributed by atoms with Crippen molar-refractivity contribution in [3.05, 3.63) is 67.9 Å². The summed E-state index contributed by atoms with van der Waals surface area (Å²) in [6, 6.07) is 8.01. The minimum absolute atomic E-state index is 0.177. The number of halogens is 2. The van der Waals surface area contributed by atoms with Crippen molar-refractivity contribution in [2.45, 2.75) is 6.92 Å². The fourth-order valence-electron chi connectivity index (χ4n) is 1.80. The highest BCUT2D eigenvalue weighted by atomic mass is 79.9. The Kier molecular flexibility index (Phi) is 4.32. The number of carbonyl (C=O) groups excluding carboxylic acids is 1. The first-order chi connectivity index (χ1) is 9.88. The van der Waals surface area contributed by atoms with Crippen LogP contribution in [0.2, 0.25) is 0 Å². The first-order valence-corrected chi connectivity index (χ1v) is 6.69. The smallest absolute Gasteiger partial charge is 0.292 e. The van der Waals surface area contributed by atoms with Crippen LogP contribution in [-0.4, -0.2) is 10.8 Å². The third-order valence-corrected chi connectivity index (χ3v) is 3.34. The summed E-state index contributed by atoms with van der Waals surface area (Å²) in [6.45, 7) is 1.74. The minimum Gasteiger partial charge on any atom is -0.316 e. The Labute approximate surface area is 128 Å². The molecule has 0 spiro atoms. The summed E-state index contributed by atoms with van der Waals surface area (Å²) in [6.07, 6.45) is 0. The van der Waals surface area contributed by atoms with Crippen molar-refractivity contribution in [2.75, 3.05) is 5.32 Å². The van der Waals surface area contributed by atoms with Gasteiger partial charge in [-0.25, -0.2) is 4.39 Å². The summed E-state index contributed by atoms with van der Waals surface area (Å²) in [7, 11) is 0. The molecule has 1 N–H and O–H groups in total. The van der Waals surface area contributed by atoms with Gasteiger partial charge in [-0.05, 0) is 30.7 Å². The number of aryl methyl sites for hydroxylation is 1. The van der Waals surface area contributed by atoms with Gasteiger partial charge in [0.1, 0.15) is 11.5 Å². The van der Waals surface area contributed by atoms with Crippen LogP contribution in [0.1, 0.15) is 15.9 Å². The van der Waals surface area contributed by atoms with Crippen LogP contribution >= 0.6 is 15.9 Å². The topological polar surface area (TPSA) is 72.2 Å².